The summed E-state index contributed by atoms with van der Waals surface area (Å²) in [6, 6.07) is 9.25. The Balaban J connectivity index is 1.61. The third-order valence-corrected chi connectivity index (χ3v) is 9.71. The number of allylic oxidation sites excluding steroid dienone is 1. The molecule has 1 aromatic carbocycles. The number of rotatable bonds is 5. The minimum Gasteiger partial charge on any atom is -0.461 e. The molecule has 0 amide bonds. The molecule has 5 rings (SSSR count). The molecular weight excluding hydrogens is 512 g/mol. The number of fused-ring (bicyclic) bond motifs is 2. The maximum absolute atomic E-state index is 14.5. The monoisotopic (exact) mass is 552 g/mol. The maximum atomic E-state index is 14.5. The summed E-state index contributed by atoms with van der Waals surface area (Å²) in [5.74, 6) is -2.72. The van der Waals surface area contributed by atoms with E-state index in [0.717, 1.165) is 12.0 Å². The highest BCUT2D eigenvalue weighted by atomic mass is 16.6. The summed E-state index contributed by atoms with van der Waals surface area (Å²) >= 11 is 0. The molecule has 216 valence electrons. The van der Waals surface area contributed by atoms with Gasteiger partial charge in [-0.15, -0.1) is 0 Å². The van der Waals surface area contributed by atoms with Crippen LogP contribution in [-0.4, -0.2) is 53.7 Å². The van der Waals surface area contributed by atoms with Crippen LogP contribution in [0.3, 0.4) is 0 Å². The average molecular weight is 553 g/mol. The number of epoxide rings is 1. The van der Waals surface area contributed by atoms with Gasteiger partial charge in [0.1, 0.15) is 17.8 Å². The van der Waals surface area contributed by atoms with Gasteiger partial charge in [-0.2, -0.15) is 0 Å². The van der Waals surface area contributed by atoms with E-state index in [1.807, 2.05) is 43.3 Å². The SMILES string of the molecule is CC(=O)OC1C2[C@@H](OC(=O)Cc3ccccc3)[C@@H](C)C[C@]2(OC(C)=O)C(=O)/C(C)=C/C2C(CCC13CO3)C2(C)C. The van der Waals surface area contributed by atoms with Crippen molar-refractivity contribution < 1.29 is 38.1 Å². The molecule has 1 heterocycles. The van der Waals surface area contributed by atoms with E-state index >= 15 is 0 Å². The number of ether oxygens (including phenoxy) is 4. The average Bonchev–Trinajstić information content (AvgIpc) is 3.73. The third kappa shape index (κ3) is 5.00. The zero-order valence-electron chi connectivity index (χ0n) is 24.2. The van der Waals surface area contributed by atoms with Crippen LogP contribution in [0, 0.1) is 29.1 Å². The van der Waals surface area contributed by atoms with E-state index in [-0.39, 0.29) is 35.9 Å². The van der Waals surface area contributed by atoms with Crippen LogP contribution >= 0.6 is 0 Å². The van der Waals surface area contributed by atoms with Gasteiger partial charge in [0.05, 0.1) is 18.9 Å². The smallest absolute Gasteiger partial charge is 0.310 e. The molecule has 0 aromatic heterocycles. The van der Waals surface area contributed by atoms with Gasteiger partial charge >= 0.3 is 17.9 Å². The van der Waals surface area contributed by atoms with E-state index < -0.39 is 47.2 Å². The Bertz CT molecular complexity index is 1230. The zero-order valence-corrected chi connectivity index (χ0v) is 24.2. The second-order valence-corrected chi connectivity index (χ2v) is 12.9. The first kappa shape index (κ1) is 28.5. The van der Waals surface area contributed by atoms with Gasteiger partial charge in [0.15, 0.2) is 5.60 Å². The number of carbonyl (C=O) groups excluding carboxylic acids is 4. The summed E-state index contributed by atoms with van der Waals surface area (Å²) < 4.78 is 24.2. The van der Waals surface area contributed by atoms with Crippen molar-refractivity contribution in [3.63, 3.8) is 0 Å². The van der Waals surface area contributed by atoms with Gasteiger partial charge in [-0.05, 0) is 54.1 Å². The number of carbonyl (C=O) groups is 4. The van der Waals surface area contributed by atoms with Crippen molar-refractivity contribution in [2.24, 2.45) is 29.1 Å². The van der Waals surface area contributed by atoms with Crippen molar-refractivity contribution in [2.45, 2.75) is 90.6 Å². The summed E-state index contributed by atoms with van der Waals surface area (Å²) in [4.78, 5) is 52.9. The highest BCUT2D eigenvalue weighted by Gasteiger charge is 2.71. The number of Topliss-reactive ketones (excluding diaryl/α,β-unsaturated/α-hetero) is 1. The first-order chi connectivity index (χ1) is 18.8. The van der Waals surface area contributed by atoms with E-state index in [9.17, 15) is 19.2 Å². The van der Waals surface area contributed by atoms with Crippen molar-refractivity contribution >= 4 is 23.7 Å². The lowest BCUT2D eigenvalue weighted by Crippen LogP contribution is -2.58. The predicted octanol–water partition coefficient (Wildman–Crippen LogP) is 4.38. The Kier molecular flexibility index (Phi) is 7.22. The number of esters is 3. The molecule has 3 fully saturated rings. The van der Waals surface area contributed by atoms with Crippen molar-refractivity contribution in [3.8, 4) is 0 Å². The molecule has 0 bridgehead atoms. The van der Waals surface area contributed by atoms with Gasteiger partial charge in [0, 0.05) is 20.3 Å². The fourth-order valence-corrected chi connectivity index (χ4v) is 7.55. The van der Waals surface area contributed by atoms with Crippen molar-refractivity contribution in [1.82, 2.24) is 0 Å². The second-order valence-electron chi connectivity index (χ2n) is 12.9. The molecule has 5 unspecified atom stereocenters. The van der Waals surface area contributed by atoms with Crippen LogP contribution in [0.1, 0.15) is 66.4 Å². The number of ketones is 1. The van der Waals surface area contributed by atoms with Gasteiger partial charge in [-0.3, -0.25) is 19.2 Å². The van der Waals surface area contributed by atoms with E-state index in [1.54, 1.807) is 6.92 Å². The Morgan fingerprint density at radius 2 is 1.73 bits per heavy atom. The van der Waals surface area contributed by atoms with Gasteiger partial charge in [0.25, 0.3) is 0 Å². The third-order valence-electron chi connectivity index (χ3n) is 9.71. The summed E-state index contributed by atoms with van der Waals surface area (Å²) in [5.41, 5.74) is -1.22. The Morgan fingerprint density at radius 3 is 2.33 bits per heavy atom. The van der Waals surface area contributed by atoms with E-state index in [1.165, 1.54) is 13.8 Å². The van der Waals surface area contributed by atoms with E-state index in [0.29, 0.717) is 24.5 Å². The standard InChI is InChI=1S/C32H40O8/c1-18-14-24-23(30(24,5)6)12-13-31(17-37-31)29(38-20(3)33)26-27(39-25(35)15-22-10-8-7-9-11-22)19(2)16-32(26,28(18)36)40-21(4)34/h7-11,14,19,23-24,26-27,29H,12-13,15-17H2,1-6H3/b18-14+/t19-,23?,24?,26?,27-,29?,31?,32+/m0/s1. The van der Waals surface area contributed by atoms with Crippen molar-refractivity contribution in [3.05, 3.63) is 47.5 Å². The lowest BCUT2D eigenvalue weighted by molar-refractivity contribution is -0.190. The van der Waals surface area contributed by atoms with Gasteiger partial charge in [-0.1, -0.05) is 57.2 Å². The van der Waals surface area contributed by atoms with Gasteiger partial charge in [0.2, 0.25) is 5.78 Å². The minimum absolute atomic E-state index is 0.0141. The van der Waals surface area contributed by atoms with Crippen LogP contribution < -0.4 is 0 Å². The zero-order chi connectivity index (χ0) is 29.0. The molecular formula is C32H40O8. The molecule has 0 radical (unpaired) electrons. The maximum Gasteiger partial charge on any atom is 0.310 e. The van der Waals surface area contributed by atoms with Gasteiger partial charge in [-0.25, -0.2) is 0 Å². The summed E-state index contributed by atoms with van der Waals surface area (Å²) in [5, 5.41) is 0. The van der Waals surface area contributed by atoms with Crippen LogP contribution in [-0.2, 0) is 44.5 Å². The molecule has 0 N–H and O–H groups in total. The highest BCUT2D eigenvalue weighted by Crippen LogP contribution is 2.64. The number of hydrogen-bond donors (Lipinski definition) is 0. The molecule has 40 heavy (non-hydrogen) atoms. The molecule has 2 saturated carbocycles. The molecule has 1 saturated heterocycles. The molecule has 3 aliphatic carbocycles. The molecule has 1 aromatic rings. The lowest BCUT2D eigenvalue weighted by atomic mass is 9.74. The van der Waals surface area contributed by atoms with E-state index in [2.05, 4.69) is 13.8 Å². The number of hydrogen-bond acceptors (Lipinski definition) is 8. The van der Waals surface area contributed by atoms with Crippen LogP contribution in [0.5, 0.6) is 0 Å². The topological polar surface area (TPSA) is 108 Å². The molecule has 8 heteroatoms. The first-order valence-corrected chi connectivity index (χ1v) is 14.3. The van der Waals surface area contributed by atoms with E-state index in [4.69, 9.17) is 18.9 Å². The van der Waals surface area contributed by atoms with Crippen molar-refractivity contribution in [1.29, 1.82) is 0 Å². The Morgan fingerprint density at radius 1 is 1.05 bits per heavy atom. The van der Waals surface area contributed by atoms with Crippen molar-refractivity contribution in [2.75, 3.05) is 6.61 Å². The highest BCUT2D eigenvalue weighted by molar-refractivity contribution is 6.03. The summed E-state index contributed by atoms with van der Waals surface area (Å²) in [6.07, 6.45) is 1.85. The van der Waals surface area contributed by atoms with Crippen LogP contribution in [0.15, 0.2) is 42.0 Å². The summed E-state index contributed by atoms with van der Waals surface area (Å²) in [7, 11) is 0. The predicted molar refractivity (Wildman–Crippen MR) is 145 cm³/mol. The fraction of sp³-hybridized carbons (Fsp3) is 0.625. The molecule has 1 aliphatic heterocycles. The molecule has 8 atom stereocenters. The number of benzene rings is 1. The quantitative estimate of drug-likeness (QED) is 0.301. The molecule has 4 aliphatic rings. The fourth-order valence-electron chi connectivity index (χ4n) is 7.55. The Hall–Kier alpha value is -3.00. The molecule has 8 nitrogen and oxygen atoms in total. The second kappa shape index (κ2) is 10.1. The van der Waals surface area contributed by atoms with Crippen LogP contribution in [0.4, 0.5) is 0 Å². The normalized spacial score (nSPS) is 39.0. The largest absolute Gasteiger partial charge is 0.461 e. The first-order valence-electron chi connectivity index (χ1n) is 14.3. The Labute approximate surface area is 235 Å². The van der Waals surface area contributed by atoms with Crippen LogP contribution in [0.2, 0.25) is 0 Å². The lowest BCUT2D eigenvalue weighted by Gasteiger charge is -2.41. The van der Waals surface area contributed by atoms with Crippen LogP contribution in [0.25, 0.3) is 0 Å². The summed E-state index contributed by atoms with van der Waals surface area (Å²) in [6.45, 7) is 11.0. The van der Waals surface area contributed by atoms with Gasteiger partial charge < -0.3 is 18.9 Å². The molecule has 1 spiro atoms. The minimum atomic E-state index is -1.68.